The molecule has 5 heteroatoms. The fraction of sp³-hybridized carbons (Fsp3) is 0.750. The summed E-state index contributed by atoms with van der Waals surface area (Å²) in [4.78, 5) is 23.9. The SMILES string of the molecule is C[C@H](N)C(=O)N1CCC[C@H]1C(N)=O. The van der Waals surface area contributed by atoms with Crippen LogP contribution in [0.2, 0.25) is 0 Å². The summed E-state index contributed by atoms with van der Waals surface area (Å²) < 4.78 is 0. The van der Waals surface area contributed by atoms with Crippen LogP contribution in [-0.4, -0.2) is 35.3 Å². The molecule has 1 aliphatic heterocycles. The molecular formula is C8H15N3O2. The fourth-order valence-corrected chi connectivity index (χ4v) is 1.59. The molecule has 1 aliphatic rings. The van der Waals surface area contributed by atoms with Gasteiger partial charge in [0.05, 0.1) is 6.04 Å². The van der Waals surface area contributed by atoms with E-state index in [2.05, 4.69) is 0 Å². The van der Waals surface area contributed by atoms with Crippen molar-refractivity contribution in [3.05, 3.63) is 0 Å². The molecule has 0 radical (unpaired) electrons. The molecule has 1 saturated heterocycles. The Morgan fingerprint density at radius 3 is 2.62 bits per heavy atom. The van der Waals surface area contributed by atoms with E-state index in [0.717, 1.165) is 6.42 Å². The zero-order chi connectivity index (χ0) is 10.0. The molecule has 0 spiro atoms. The van der Waals surface area contributed by atoms with Gasteiger partial charge in [0.1, 0.15) is 6.04 Å². The van der Waals surface area contributed by atoms with Crippen molar-refractivity contribution >= 4 is 11.8 Å². The maximum atomic E-state index is 11.5. The first-order chi connectivity index (χ1) is 6.04. The molecule has 0 unspecified atom stereocenters. The second-order valence-electron chi connectivity index (χ2n) is 3.38. The van der Waals surface area contributed by atoms with Crippen LogP contribution in [0.25, 0.3) is 0 Å². The molecule has 0 aliphatic carbocycles. The van der Waals surface area contributed by atoms with Gasteiger partial charge in [-0.25, -0.2) is 0 Å². The number of nitrogens with zero attached hydrogens (tertiary/aromatic N) is 1. The van der Waals surface area contributed by atoms with Gasteiger partial charge in [0.15, 0.2) is 0 Å². The van der Waals surface area contributed by atoms with E-state index < -0.39 is 18.0 Å². The highest BCUT2D eigenvalue weighted by atomic mass is 16.2. The predicted molar refractivity (Wildman–Crippen MR) is 47.6 cm³/mol. The van der Waals surface area contributed by atoms with Crippen LogP contribution < -0.4 is 11.5 Å². The predicted octanol–water partition coefficient (Wildman–Crippen LogP) is -1.19. The van der Waals surface area contributed by atoms with Crippen molar-refractivity contribution in [3.63, 3.8) is 0 Å². The van der Waals surface area contributed by atoms with Gasteiger partial charge in [-0.1, -0.05) is 0 Å². The van der Waals surface area contributed by atoms with Gasteiger partial charge >= 0.3 is 0 Å². The van der Waals surface area contributed by atoms with Gasteiger partial charge in [-0.2, -0.15) is 0 Å². The Labute approximate surface area is 77.1 Å². The smallest absolute Gasteiger partial charge is 0.240 e. The summed E-state index contributed by atoms with van der Waals surface area (Å²) in [7, 11) is 0. The van der Waals surface area contributed by atoms with Gasteiger partial charge in [0, 0.05) is 6.54 Å². The minimum atomic E-state index is -0.556. The van der Waals surface area contributed by atoms with Crippen molar-refractivity contribution in [3.8, 4) is 0 Å². The topological polar surface area (TPSA) is 89.4 Å². The Kier molecular flexibility index (Phi) is 2.87. The van der Waals surface area contributed by atoms with Gasteiger partial charge < -0.3 is 16.4 Å². The highest BCUT2D eigenvalue weighted by Gasteiger charge is 2.33. The maximum absolute atomic E-state index is 11.5. The molecule has 0 aromatic carbocycles. The summed E-state index contributed by atoms with van der Waals surface area (Å²) >= 11 is 0. The molecule has 0 aromatic heterocycles. The fourth-order valence-electron chi connectivity index (χ4n) is 1.59. The van der Waals surface area contributed by atoms with E-state index in [4.69, 9.17) is 11.5 Å². The van der Waals surface area contributed by atoms with E-state index in [0.29, 0.717) is 13.0 Å². The lowest BCUT2D eigenvalue weighted by Crippen LogP contribution is -2.49. The van der Waals surface area contributed by atoms with Gasteiger partial charge in [-0.3, -0.25) is 9.59 Å². The second-order valence-corrected chi connectivity index (χ2v) is 3.38. The number of rotatable bonds is 2. The standard InChI is InChI=1S/C8H15N3O2/c1-5(9)8(13)11-4-2-3-6(11)7(10)12/h5-6H,2-4,9H2,1H3,(H2,10,12)/t5-,6-/m0/s1. The molecule has 2 atom stereocenters. The van der Waals surface area contributed by atoms with Crippen LogP contribution in [-0.2, 0) is 9.59 Å². The van der Waals surface area contributed by atoms with Crippen LogP contribution in [0.15, 0.2) is 0 Å². The molecule has 0 bridgehead atoms. The third-order valence-electron chi connectivity index (χ3n) is 2.25. The van der Waals surface area contributed by atoms with Crippen molar-refractivity contribution in [2.45, 2.75) is 31.8 Å². The summed E-state index contributed by atoms with van der Waals surface area (Å²) in [5.41, 5.74) is 10.6. The lowest BCUT2D eigenvalue weighted by molar-refractivity contribution is -0.138. The van der Waals surface area contributed by atoms with E-state index in [9.17, 15) is 9.59 Å². The summed E-state index contributed by atoms with van der Waals surface area (Å²) in [5, 5.41) is 0. The molecule has 1 fully saturated rings. The third kappa shape index (κ3) is 1.98. The van der Waals surface area contributed by atoms with Crippen molar-refractivity contribution in [2.75, 3.05) is 6.54 Å². The van der Waals surface area contributed by atoms with Gasteiger partial charge in [-0.15, -0.1) is 0 Å². The summed E-state index contributed by atoms with van der Waals surface area (Å²) in [6.45, 7) is 2.20. The largest absolute Gasteiger partial charge is 0.368 e. The molecule has 1 heterocycles. The van der Waals surface area contributed by atoms with E-state index in [1.807, 2.05) is 0 Å². The maximum Gasteiger partial charge on any atom is 0.240 e. The molecule has 4 N–H and O–H groups in total. The van der Waals surface area contributed by atoms with Crippen LogP contribution in [0, 0.1) is 0 Å². The summed E-state index contributed by atoms with van der Waals surface area (Å²) in [6, 6.07) is -1.00. The van der Waals surface area contributed by atoms with Crippen LogP contribution >= 0.6 is 0 Å². The van der Waals surface area contributed by atoms with E-state index in [1.54, 1.807) is 6.92 Å². The minimum absolute atomic E-state index is 0.193. The van der Waals surface area contributed by atoms with Crippen LogP contribution in [0.4, 0.5) is 0 Å². The zero-order valence-corrected chi connectivity index (χ0v) is 7.69. The Balaban J connectivity index is 2.68. The Hall–Kier alpha value is -1.10. The number of hydrogen-bond acceptors (Lipinski definition) is 3. The number of carbonyl (C=O) groups excluding carboxylic acids is 2. The highest BCUT2D eigenvalue weighted by molar-refractivity contribution is 5.89. The molecule has 2 amide bonds. The van der Waals surface area contributed by atoms with E-state index >= 15 is 0 Å². The lowest BCUT2D eigenvalue weighted by Gasteiger charge is -2.23. The van der Waals surface area contributed by atoms with Crippen LogP contribution in [0.5, 0.6) is 0 Å². The van der Waals surface area contributed by atoms with Crippen molar-refractivity contribution in [2.24, 2.45) is 11.5 Å². The third-order valence-corrected chi connectivity index (χ3v) is 2.25. The number of primary amides is 1. The van der Waals surface area contributed by atoms with Gasteiger partial charge in [-0.05, 0) is 19.8 Å². The zero-order valence-electron chi connectivity index (χ0n) is 7.69. The highest BCUT2D eigenvalue weighted by Crippen LogP contribution is 2.17. The van der Waals surface area contributed by atoms with Crippen LogP contribution in [0.3, 0.4) is 0 Å². The Bertz CT molecular complexity index is 227. The first-order valence-corrected chi connectivity index (χ1v) is 4.39. The molecule has 74 valence electrons. The minimum Gasteiger partial charge on any atom is -0.368 e. The van der Waals surface area contributed by atoms with Crippen LogP contribution in [0.1, 0.15) is 19.8 Å². The summed E-state index contributed by atoms with van der Waals surface area (Å²) in [5.74, 6) is -0.632. The normalized spacial score (nSPS) is 24.5. The van der Waals surface area contributed by atoms with Crippen molar-refractivity contribution in [1.29, 1.82) is 0 Å². The molecule has 5 nitrogen and oxygen atoms in total. The summed E-state index contributed by atoms with van der Waals surface area (Å²) in [6.07, 6.45) is 1.49. The van der Waals surface area contributed by atoms with E-state index in [1.165, 1.54) is 4.90 Å². The van der Waals surface area contributed by atoms with Crippen molar-refractivity contribution < 1.29 is 9.59 Å². The molecular weight excluding hydrogens is 170 g/mol. The molecule has 0 aromatic rings. The molecule has 1 rings (SSSR count). The number of hydrogen-bond donors (Lipinski definition) is 2. The molecule has 13 heavy (non-hydrogen) atoms. The lowest BCUT2D eigenvalue weighted by atomic mass is 10.2. The van der Waals surface area contributed by atoms with Gasteiger partial charge in [0.25, 0.3) is 0 Å². The molecule has 0 saturated carbocycles. The first kappa shape index (κ1) is 9.98. The second kappa shape index (κ2) is 3.74. The average molecular weight is 185 g/mol. The van der Waals surface area contributed by atoms with E-state index in [-0.39, 0.29) is 5.91 Å². The number of likely N-dealkylation sites (tertiary alicyclic amines) is 1. The monoisotopic (exact) mass is 185 g/mol. The van der Waals surface area contributed by atoms with Gasteiger partial charge in [0.2, 0.25) is 11.8 Å². The average Bonchev–Trinajstić information content (AvgIpc) is 2.50. The number of nitrogens with two attached hydrogens (primary N) is 2. The number of carbonyl (C=O) groups is 2. The Morgan fingerprint density at radius 1 is 1.54 bits per heavy atom. The first-order valence-electron chi connectivity index (χ1n) is 4.39. The number of amides is 2. The quantitative estimate of drug-likeness (QED) is 0.567. The van der Waals surface area contributed by atoms with Crippen molar-refractivity contribution in [1.82, 2.24) is 4.90 Å². The Morgan fingerprint density at radius 2 is 2.15 bits per heavy atom.